The Hall–Kier alpha value is -1.26. The summed E-state index contributed by atoms with van der Waals surface area (Å²) in [5.74, 6) is 5.52. The van der Waals surface area contributed by atoms with Gasteiger partial charge in [-0.3, -0.25) is 10.6 Å². The fourth-order valence-electron chi connectivity index (χ4n) is 3.80. The second-order valence-corrected chi connectivity index (χ2v) is 6.77. The van der Waals surface area contributed by atoms with Crippen LogP contribution in [-0.2, 0) is 0 Å². The average molecular weight is 308 g/mol. The molecule has 1 aliphatic heterocycles. The van der Waals surface area contributed by atoms with Crippen molar-refractivity contribution in [2.75, 3.05) is 18.5 Å². The van der Waals surface area contributed by atoms with Gasteiger partial charge in [0.1, 0.15) is 0 Å². The molecule has 1 amide bonds. The monoisotopic (exact) mass is 307 g/mol. The summed E-state index contributed by atoms with van der Waals surface area (Å²) in [4.78, 5) is 14.6. The van der Waals surface area contributed by atoms with Gasteiger partial charge in [0.15, 0.2) is 0 Å². The maximum absolute atomic E-state index is 12.7. The number of hydrogen-bond acceptors (Lipinski definition) is 3. The molecule has 4 nitrogen and oxygen atoms in total. The molecule has 5 heteroatoms. The lowest BCUT2D eigenvalue weighted by Crippen LogP contribution is -2.42. The Morgan fingerprint density at radius 1 is 1.19 bits per heavy atom. The first-order valence-electron chi connectivity index (χ1n) is 7.69. The van der Waals surface area contributed by atoms with E-state index in [0.717, 1.165) is 25.9 Å². The van der Waals surface area contributed by atoms with E-state index in [-0.39, 0.29) is 5.91 Å². The van der Waals surface area contributed by atoms with Crippen LogP contribution in [0.15, 0.2) is 18.2 Å². The van der Waals surface area contributed by atoms with Gasteiger partial charge in [-0.05, 0) is 49.3 Å². The summed E-state index contributed by atoms with van der Waals surface area (Å²) in [6.07, 6.45) is 7.63. The lowest BCUT2D eigenvalue weighted by Gasteiger charge is -2.39. The van der Waals surface area contributed by atoms with E-state index in [9.17, 15) is 4.79 Å². The molecule has 3 N–H and O–H groups in total. The van der Waals surface area contributed by atoms with Crippen molar-refractivity contribution in [2.45, 2.75) is 38.5 Å². The van der Waals surface area contributed by atoms with Gasteiger partial charge in [-0.25, -0.2) is 0 Å². The van der Waals surface area contributed by atoms with Crippen LogP contribution in [-0.4, -0.2) is 23.9 Å². The van der Waals surface area contributed by atoms with Crippen molar-refractivity contribution in [1.29, 1.82) is 0 Å². The fourth-order valence-corrected chi connectivity index (χ4v) is 3.97. The maximum Gasteiger partial charge on any atom is 0.256 e. The van der Waals surface area contributed by atoms with Crippen molar-refractivity contribution in [3.05, 3.63) is 28.8 Å². The third-order valence-corrected chi connectivity index (χ3v) is 5.38. The fraction of sp³-hybridized carbons (Fsp3) is 0.562. The minimum absolute atomic E-state index is 0.0262. The number of nitrogens with zero attached hydrogens (tertiary/aromatic N) is 1. The van der Waals surface area contributed by atoms with Gasteiger partial charge in [-0.2, -0.15) is 0 Å². The van der Waals surface area contributed by atoms with E-state index in [1.54, 1.807) is 18.2 Å². The predicted molar refractivity (Wildman–Crippen MR) is 85.3 cm³/mol. The molecule has 3 rings (SSSR count). The third-order valence-electron chi connectivity index (χ3n) is 5.14. The number of nitrogens with two attached hydrogens (primary N) is 1. The summed E-state index contributed by atoms with van der Waals surface area (Å²) < 4.78 is 0. The molecule has 1 heterocycles. The summed E-state index contributed by atoms with van der Waals surface area (Å²) in [6, 6.07) is 5.17. The van der Waals surface area contributed by atoms with Gasteiger partial charge in [-0.15, -0.1) is 0 Å². The number of likely N-dealkylation sites (tertiary alicyclic amines) is 1. The molecule has 2 fully saturated rings. The van der Waals surface area contributed by atoms with Gasteiger partial charge in [0, 0.05) is 18.1 Å². The number of piperidine rings is 1. The number of hydrazine groups is 1. The molecule has 1 aromatic rings. The standard InChI is InChI=1S/C16H22ClN3O/c17-12-3-4-14(19-18)13(11-12)15(21)20-9-7-16(8-10-20)5-1-2-6-16/h3-4,11,19H,1-2,5-10,18H2. The number of amides is 1. The Labute approximate surface area is 130 Å². The molecule has 1 saturated carbocycles. The van der Waals surface area contributed by atoms with E-state index in [0.29, 0.717) is 21.7 Å². The average Bonchev–Trinajstić information content (AvgIpc) is 2.95. The molecule has 0 radical (unpaired) electrons. The first kappa shape index (κ1) is 14.7. The first-order valence-corrected chi connectivity index (χ1v) is 8.07. The van der Waals surface area contributed by atoms with Crippen LogP contribution in [0.2, 0.25) is 5.02 Å². The summed E-state index contributed by atoms with van der Waals surface area (Å²) in [5.41, 5.74) is 4.29. The lowest BCUT2D eigenvalue weighted by molar-refractivity contribution is 0.0588. The first-order chi connectivity index (χ1) is 10.1. The SMILES string of the molecule is NNc1ccc(Cl)cc1C(=O)N1CCC2(CCCC2)CC1. The molecule has 0 aromatic heterocycles. The number of nitrogens with one attached hydrogen (secondary N) is 1. The van der Waals surface area contributed by atoms with E-state index in [1.807, 2.05) is 4.90 Å². The van der Waals surface area contributed by atoms with Crippen LogP contribution in [0.3, 0.4) is 0 Å². The van der Waals surface area contributed by atoms with Gasteiger partial charge in [0.25, 0.3) is 5.91 Å². The van der Waals surface area contributed by atoms with Gasteiger partial charge < -0.3 is 10.3 Å². The summed E-state index contributed by atoms with van der Waals surface area (Å²) in [7, 11) is 0. The van der Waals surface area contributed by atoms with Crippen molar-refractivity contribution in [1.82, 2.24) is 4.90 Å². The van der Waals surface area contributed by atoms with E-state index in [2.05, 4.69) is 5.43 Å². The molecule has 2 aliphatic rings. The molecule has 21 heavy (non-hydrogen) atoms. The van der Waals surface area contributed by atoms with Crippen LogP contribution in [0, 0.1) is 5.41 Å². The van der Waals surface area contributed by atoms with E-state index in [1.165, 1.54) is 25.7 Å². The maximum atomic E-state index is 12.7. The Kier molecular flexibility index (Phi) is 4.09. The second kappa shape index (κ2) is 5.85. The largest absolute Gasteiger partial charge is 0.339 e. The number of halogens is 1. The van der Waals surface area contributed by atoms with Crippen LogP contribution in [0.25, 0.3) is 0 Å². The summed E-state index contributed by atoms with van der Waals surface area (Å²) in [6.45, 7) is 1.69. The van der Waals surface area contributed by atoms with Crippen LogP contribution < -0.4 is 11.3 Å². The number of benzene rings is 1. The van der Waals surface area contributed by atoms with Gasteiger partial charge in [0.05, 0.1) is 11.3 Å². The number of hydrogen-bond donors (Lipinski definition) is 2. The Bertz CT molecular complexity index is 530. The Morgan fingerprint density at radius 3 is 2.48 bits per heavy atom. The van der Waals surface area contributed by atoms with Gasteiger partial charge >= 0.3 is 0 Å². The lowest BCUT2D eigenvalue weighted by atomic mass is 9.77. The molecular formula is C16H22ClN3O. The zero-order valence-electron chi connectivity index (χ0n) is 12.2. The van der Waals surface area contributed by atoms with Crippen LogP contribution in [0.5, 0.6) is 0 Å². The summed E-state index contributed by atoms with van der Waals surface area (Å²) in [5, 5.41) is 0.557. The highest BCUT2D eigenvalue weighted by Gasteiger charge is 2.38. The minimum atomic E-state index is 0.0262. The van der Waals surface area contributed by atoms with Crippen molar-refractivity contribution in [3.63, 3.8) is 0 Å². The molecule has 1 saturated heterocycles. The number of anilines is 1. The van der Waals surface area contributed by atoms with Crippen LogP contribution in [0.1, 0.15) is 48.9 Å². The third kappa shape index (κ3) is 2.87. The number of rotatable bonds is 2. The predicted octanol–water partition coefficient (Wildman–Crippen LogP) is 3.42. The zero-order valence-corrected chi connectivity index (χ0v) is 13.0. The molecule has 1 aromatic carbocycles. The molecule has 1 aliphatic carbocycles. The topological polar surface area (TPSA) is 58.4 Å². The normalized spacial score (nSPS) is 20.8. The van der Waals surface area contributed by atoms with E-state index < -0.39 is 0 Å². The molecule has 1 spiro atoms. The molecule has 0 bridgehead atoms. The van der Waals surface area contributed by atoms with E-state index in [4.69, 9.17) is 17.4 Å². The van der Waals surface area contributed by atoms with Gasteiger partial charge in [0.2, 0.25) is 0 Å². The smallest absolute Gasteiger partial charge is 0.256 e. The Morgan fingerprint density at radius 2 is 1.86 bits per heavy atom. The molecule has 0 unspecified atom stereocenters. The number of carbonyl (C=O) groups excluding carboxylic acids is 1. The number of nitrogen functional groups attached to an aromatic ring is 1. The zero-order chi connectivity index (χ0) is 14.9. The second-order valence-electron chi connectivity index (χ2n) is 6.33. The highest BCUT2D eigenvalue weighted by atomic mass is 35.5. The van der Waals surface area contributed by atoms with Crippen molar-refractivity contribution in [2.24, 2.45) is 11.3 Å². The molecule has 114 valence electrons. The minimum Gasteiger partial charge on any atom is -0.339 e. The molecule has 0 atom stereocenters. The van der Waals surface area contributed by atoms with E-state index >= 15 is 0 Å². The molecular weight excluding hydrogens is 286 g/mol. The summed E-state index contributed by atoms with van der Waals surface area (Å²) >= 11 is 6.02. The number of carbonyl (C=O) groups is 1. The van der Waals surface area contributed by atoms with Crippen LogP contribution >= 0.6 is 11.6 Å². The van der Waals surface area contributed by atoms with Gasteiger partial charge in [-0.1, -0.05) is 24.4 Å². The quantitative estimate of drug-likeness (QED) is 0.650. The Balaban J connectivity index is 1.73. The van der Waals surface area contributed by atoms with Crippen molar-refractivity contribution >= 4 is 23.2 Å². The van der Waals surface area contributed by atoms with Crippen molar-refractivity contribution in [3.8, 4) is 0 Å². The highest BCUT2D eigenvalue weighted by molar-refractivity contribution is 6.31. The highest BCUT2D eigenvalue weighted by Crippen LogP contribution is 2.46. The van der Waals surface area contributed by atoms with Crippen LogP contribution in [0.4, 0.5) is 5.69 Å². The van der Waals surface area contributed by atoms with Crippen molar-refractivity contribution < 1.29 is 4.79 Å².